The molecule has 0 bridgehead atoms. The van der Waals surface area contributed by atoms with Gasteiger partial charge in [-0.25, -0.2) is 0 Å². The molecule has 3 rings (SSSR count). The lowest BCUT2D eigenvalue weighted by Crippen LogP contribution is -2.13. The van der Waals surface area contributed by atoms with Crippen molar-refractivity contribution in [3.63, 3.8) is 0 Å². The number of aryl methyl sites for hydroxylation is 1. The van der Waals surface area contributed by atoms with Crippen LogP contribution in [0.4, 0.5) is 0 Å². The minimum atomic E-state index is -0.513. The van der Waals surface area contributed by atoms with Crippen LogP contribution in [0.1, 0.15) is 61.2 Å². The Kier molecular flexibility index (Phi) is 4.34. The topological polar surface area (TPSA) is 50.9 Å². The molecule has 0 amide bonds. The van der Waals surface area contributed by atoms with Gasteiger partial charge >= 0.3 is 0 Å². The molecular weight excluding hydrogens is 262 g/mol. The fourth-order valence-corrected chi connectivity index (χ4v) is 3.13. The van der Waals surface area contributed by atoms with Crippen molar-refractivity contribution in [2.45, 2.75) is 57.6 Å². The molecule has 1 saturated carbocycles. The second kappa shape index (κ2) is 6.39. The second-order valence-corrected chi connectivity index (χ2v) is 6.03. The highest BCUT2D eigenvalue weighted by atomic mass is 16.3. The summed E-state index contributed by atoms with van der Waals surface area (Å²) in [6, 6.07) is 6.39. The van der Waals surface area contributed by atoms with Gasteiger partial charge in [-0.15, -0.1) is 0 Å². The molecule has 21 heavy (non-hydrogen) atoms. The zero-order valence-corrected chi connectivity index (χ0v) is 12.6. The van der Waals surface area contributed by atoms with Gasteiger partial charge in [0.05, 0.1) is 17.8 Å². The van der Waals surface area contributed by atoms with Crippen molar-refractivity contribution in [2.24, 2.45) is 0 Å². The van der Waals surface area contributed by atoms with Crippen LogP contribution in [-0.4, -0.2) is 19.9 Å². The van der Waals surface area contributed by atoms with Crippen LogP contribution in [0.25, 0.3) is 0 Å². The largest absolute Gasteiger partial charge is 0.388 e. The van der Waals surface area contributed by atoms with Gasteiger partial charge in [0.25, 0.3) is 0 Å². The Labute approximate surface area is 125 Å². The number of pyridine rings is 1. The van der Waals surface area contributed by atoms with Crippen molar-refractivity contribution >= 4 is 0 Å². The lowest BCUT2D eigenvalue weighted by Gasteiger charge is -2.21. The fraction of sp³-hybridized carbons (Fsp3) is 0.529. The lowest BCUT2D eigenvalue weighted by atomic mass is 9.96. The molecule has 2 aromatic heterocycles. The highest BCUT2D eigenvalue weighted by Crippen LogP contribution is 2.28. The predicted molar refractivity (Wildman–Crippen MR) is 82.0 cm³/mol. The summed E-state index contributed by atoms with van der Waals surface area (Å²) in [5.74, 6) is 0. The van der Waals surface area contributed by atoms with E-state index < -0.39 is 6.10 Å². The number of nitrogens with zero attached hydrogens (tertiary/aromatic N) is 3. The Balaban J connectivity index is 1.66. The molecular formula is C17H23N3O. The number of hydrogen-bond donors (Lipinski definition) is 1. The van der Waals surface area contributed by atoms with Gasteiger partial charge in [-0.05, 0) is 43.5 Å². The molecule has 1 atom stereocenters. The summed E-state index contributed by atoms with van der Waals surface area (Å²) in [5.41, 5.74) is 2.80. The summed E-state index contributed by atoms with van der Waals surface area (Å²) in [6.45, 7) is 1.94. The minimum Gasteiger partial charge on any atom is -0.388 e. The van der Waals surface area contributed by atoms with Crippen molar-refractivity contribution in [1.29, 1.82) is 0 Å². The van der Waals surface area contributed by atoms with Gasteiger partial charge in [-0.2, -0.15) is 5.10 Å². The van der Waals surface area contributed by atoms with Crippen molar-refractivity contribution in [1.82, 2.24) is 14.8 Å². The van der Waals surface area contributed by atoms with Crippen LogP contribution in [0.15, 0.2) is 30.6 Å². The second-order valence-electron chi connectivity index (χ2n) is 6.03. The van der Waals surface area contributed by atoms with Crippen molar-refractivity contribution in [2.75, 3.05) is 0 Å². The van der Waals surface area contributed by atoms with Crippen LogP contribution in [0.3, 0.4) is 0 Å². The van der Waals surface area contributed by atoms with Gasteiger partial charge in [0.1, 0.15) is 0 Å². The van der Waals surface area contributed by atoms with Crippen LogP contribution in [0.5, 0.6) is 0 Å². The van der Waals surface area contributed by atoms with Crippen LogP contribution < -0.4 is 0 Å². The summed E-state index contributed by atoms with van der Waals surface area (Å²) in [6.07, 6.45) is 10.3. The molecule has 1 aliphatic rings. The van der Waals surface area contributed by atoms with E-state index in [1.165, 1.54) is 32.1 Å². The number of aliphatic hydroxyl groups excluding tert-OH is 1. The SMILES string of the molecule is Cc1cc(C(O)Cc2ccn(C3CCCCC3)n2)ccn1. The average molecular weight is 285 g/mol. The van der Waals surface area contributed by atoms with E-state index in [4.69, 9.17) is 0 Å². The summed E-state index contributed by atoms with van der Waals surface area (Å²) >= 11 is 0. The Morgan fingerprint density at radius 2 is 2.10 bits per heavy atom. The van der Waals surface area contributed by atoms with E-state index in [-0.39, 0.29) is 0 Å². The van der Waals surface area contributed by atoms with Gasteiger partial charge in [-0.3, -0.25) is 9.67 Å². The van der Waals surface area contributed by atoms with Crippen LogP contribution in [-0.2, 0) is 6.42 Å². The highest BCUT2D eigenvalue weighted by molar-refractivity contribution is 5.19. The Morgan fingerprint density at radius 3 is 2.86 bits per heavy atom. The van der Waals surface area contributed by atoms with E-state index in [1.807, 2.05) is 25.1 Å². The Morgan fingerprint density at radius 1 is 1.29 bits per heavy atom. The van der Waals surface area contributed by atoms with E-state index >= 15 is 0 Å². The molecule has 0 spiro atoms. The summed E-state index contributed by atoms with van der Waals surface area (Å²) in [7, 11) is 0. The highest BCUT2D eigenvalue weighted by Gasteiger charge is 2.17. The van der Waals surface area contributed by atoms with E-state index in [0.717, 1.165) is 17.0 Å². The maximum atomic E-state index is 10.3. The van der Waals surface area contributed by atoms with Crippen molar-refractivity contribution in [3.8, 4) is 0 Å². The van der Waals surface area contributed by atoms with E-state index in [2.05, 4.69) is 21.0 Å². The Hall–Kier alpha value is -1.68. The van der Waals surface area contributed by atoms with E-state index in [0.29, 0.717) is 12.5 Å². The number of hydrogen-bond acceptors (Lipinski definition) is 3. The fourth-order valence-electron chi connectivity index (χ4n) is 3.13. The first-order chi connectivity index (χ1) is 10.2. The summed E-state index contributed by atoms with van der Waals surface area (Å²) in [4.78, 5) is 4.16. The molecule has 0 radical (unpaired) electrons. The molecule has 112 valence electrons. The molecule has 0 saturated heterocycles. The maximum absolute atomic E-state index is 10.3. The first kappa shape index (κ1) is 14.3. The van der Waals surface area contributed by atoms with E-state index in [9.17, 15) is 5.11 Å². The minimum absolute atomic E-state index is 0.513. The zero-order chi connectivity index (χ0) is 14.7. The van der Waals surface area contributed by atoms with Crippen molar-refractivity contribution < 1.29 is 5.11 Å². The third-order valence-corrected chi connectivity index (χ3v) is 4.32. The molecule has 0 aromatic carbocycles. The van der Waals surface area contributed by atoms with Gasteiger partial charge in [-0.1, -0.05) is 19.3 Å². The number of aromatic nitrogens is 3. The van der Waals surface area contributed by atoms with Crippen molar-refractivity contribution in [3.05, 3.63) is 47.5 Å². The van der Waals surface area contributed by atoms with Gasteiger partial charge in [0.2, 0.25) is 0 Å². The first-order valence-electron chi connectivity index (χ1n) is 7.87. The molecule has 2 heterocycles. The average Bonchev–Trinajstić information content (AvgIpc) is 2.97. The third kappa shape index (κ3) is 3.50. The van der Waals surface area contributed by atoms with Crippen LogP contribution in [0, 0.1) is 6.92 Å². The quantitative estimate of drug-likeness (QED) is 0.937. The normalized spacial score (nSPS) is 17.8. The third-order valence-electron chi connectivity index (χ3n) is 4.32. The molecule has 1 N–H and O–H groups in total. The lowest BCUT2D eigenvalue weighted by molar-refractivity contribution is 0.176. The monoisotopic (exact) mass is 285 g/mol. The molecule has 2 aromatic rings. The zero-order valence-electron chi connectivity index (χ0n) is 12.6. The van der Waals surface area contributed by atoms with Crippen LogP contribution in [0.2, 0.25) is 0 Å². The molecule has 1 fully saturated rings. The predicted octanol–water partition coefficient (Wildman–Crippen LogP) is 3.37. The van der Waals surface area contributed by atoms with Gasteiger partial charge in [0.15, 0.2) is 0 Å². The smallest absolute Gasteiger partial charge is 0.0847 e. The van der Waals surface area contributed by atoms with E-state index in [1.54, 1.807) is 6.20 Å². The standard InChI is InChI=1S/C17H23N3O/c1-13-11-14(7-9-18-13)17(21)12-15-8-10-20(19-15)16-5-3-2-4-6-16/h7-11,16-17,21H,2-6,12H2,1H3. The van der Waals surface area contributed by atoms with Gasteiger partial charge in [0, 0.05) is 24.5 Å². The number of rotatable bonds is 4. The summed E-state index contributed by atoms with van der Waals surface area (Å²) < 4.78 is 2.10. The molecule has 1 unspecified atom stereocenters. The first-order valence-corrected chi connectivity index (χ1v) is 7.87. The summed E-state index contributed by atoms with van der Waals surface area (Å²) in [5, 5.41) is 15.0. The number of aliphatic hydroxyl groups is 1. The molecule has 1 aliphatic carbocycles. The molecule has 4 nitrogen and oxygen atoms in total. The van der Waals surface area contributed by atoms with Crippen LogP contribution >= 0.6 is 0 Å². The molecule has 0 aliphatic heterocycles. The molecule has 4 heteroatoms. The maximum Gasteiger partial charge on any atom is 0.0847 e. The van der Waals surface area contributed by atoms with Gasteiger partial charge < -0.3 is 5.11 Å². The Bertz CT molecular complexity index is 587.